The van der Waals surface area contributed by atoms with E-state index in [4.69, 9.17) is 9.15 Å². The number of furan rings is 1. The van der Waals surface area contributed by atoms with Crippen LogP contribution in [0.2, 0.25) is 0 Å². The Morgan fingerprint density at radius 2 is 2.06 bits per heavy atom. The van der Waals surface area contributed by atoms with E-state index in [9.17, 15) is 19.3 Å². The number of rotatable bonds is 8. The van der Waals surface area contributed by atoms with Crippen LogP contribution in [-0.4, -0.2) is 20.6 Å². The van der Waals surface area contributed by atoms with Gasteiger partial charge in [0.15, 0.2) is 17.3 Å². The molecular formula is C23H18BrFN4O5. The van der Waals surface area contributed by atoms with Gasteiger partial charge in [-0.3, -0.25) is 19.6 Å². The fourth-order valence-electron chi connectivity index (χ4n) is 3.15. The second-order valence-corrected chi connectivity index (χ2v) is 8.21. The molecule has 0 fully saturated rings. The van der Waals surface area contributed by atoms with E-state index in [0.29, 0.717) is 15.8 Å². The highest BCUT2D eigenvalue weighted by atomic mass is 79.9. The number of carbonyl (C=O) groups is 1. The lowest BCUT2D eigenvalue weighted by Crippen LogP contribution is -2.12. The van der Waals surface area contributed by atoms with Crippen LogP contribution in [0.3, 0.4) is 0 Å². The largest absolute Gasteiger partial charge is 0.479 e. The molecule has 2 aromatic heterocycles. The monoisotopic (exact) mass is 528 g/mol. The Balaban J connectivity index is 1.40. The van der Waals surface area contributed by atoms with E-state index in [1.807, 2.05) is 0 Å². The van der Waals surface area contributed by atoms with E-state index in [1.54, 1.807) is 43.5 Å². The van der Waals surface area contributed by atoms with E-state index in [0.717, 1.165) is 5.56 Å². The van der Waals surface area contributed by atoms with Crippen LogP contribution in [0.1, 0.15) is 27.4 Å². The number of ether oxygens (including phenoxy) is 1. The zero-order chi connectivity index (χ0) is 24.2. The molecule has 2 heterocycles. The average molecular weight is 529 g/mol. The maximum atomic E-state index is 13.9. The molecule has 0 aliphatic heterocycles. The van der Waals surface area contributed by atoms with Gasteiger partial charge >= 0.3 is 5.69 Å². The van der Waals surface area contributed by atoms with E-state index >= 15 is 0 Å². The highest BCUT2D eigenvalue weighted by molar-refractivity contribution is 9.10. The predicted molar refractivity (Wildman–Crippen MR) is 124 cm³/mol. The molecule has 174 valence electrons. The van der Waals surface area contributed by atoms with Crippen LogP contribution >= 0.6 is 15.9 Å². The molecule has 0 atom stereocenters. The van der Waals surface area contributed by atoms with Crippen LogP contribution in [0.5, 0.6) is 5.75 Å². The maximum Gasteiger partial charge on any atom is 0.311 e. The molecule has 0 bridgehead atoms. The van der Waals surface area contributed by atoms with Gasteiger partial charge in [-0.25, -0.2) is 4.39 Å². The van der Waals surface area contributed by atoms with E-state index in [-0.39, 0.29) is 42.0 Å². The molecule has 0 saturated carbocycles. The molecule has 4 aromatic rings. The Morgan fingerprint density at radius 3 is 2.82 bits per heavy atom. The first-order chi connectivity index (χ1) is 16.3. The molecule has 0 radical (unpaired) electrons. The number of benzene rings is 2. The number of carbonyl (C=O) groups excluding carboxylic acids is 1. The normalized spacial score (nSPS) is 10.8. The van der Waals surface area contributed by atoms with Crippen molar-refractivity contribution >= 4 is 33.3 Å². The number of nitro groups is 1. The molecule has 0 saturated heterocycles. The van der Waals surface area contributed by atoms with Gasteiger partial charge in [-0.05, 0) is 52.7 Å². The van der Waals surface area contributed by atoms with Crippen molar-refractivity contribution < 1.29 is 23.3 Å². The number of halogens is 2. The molecular weight excluding hydrogens is 511 g/mol. The topological polar surface area (TPSA) is 112 Å². The number of amides is 1. The summed E-state index contributed by atoms with van der Waals surface area (Å²) in [5.74, 6) is -0.240. The van der Waals surface area contributed by atoms with Crippen molar-refractivity contribution in [1.29, 1.82) is 0 Å². The third-order valence-corrected chi connectivity index (χ3v) is 5.39. The van der Waals surface area contributed by atoms with Crippen LogP contribution in [0.25, 0.3) is 0 Å². The summed E-state index contributed by atoms with van der Waals surface area (Å²) in [5, 5.41) is 18.1. The number of aromatic nitrogens is 2. The maximum absolute atomic E-state index is 13.9. The first-order valence-corrected chi connectivity index (χ1v) is 10.8. The van der Waals surface area contributed by atoms with Crippen LogP contribution in [-0.2, 0) is 13.2 Å². The number of nitro benzene ring substituents is 1. The van der Waals surface area contributed by atoms with Gasteiger partial charge in [-0.2, -0.15) is 5.10 Å². The Labute approximate surface area is 201 Å². The highest BCUT2D eigenvalue weighted by Crippen LogP contribution is 2.29. The smallest absolute Gasteiger partial charge is 0.311 e. The second-order valence-electron chi connectivity index (χ2n) is 7.35. The molecule has 0 unspecified atom stereocenters. The minimum atomic E-state index is -0.551. The SMILES string of the molecule is Cc1ccc(OCc2ccc(C(=O)Nc3nn(Cc4ccccc4F)cc3Br)o2)c([N+](=O)[O-])c1. The number of nitrogens with zero attached hydrogens (tertiary/aromatic N) is 3. The first-order valence-electron chi connectivity index (χ1n) is 10.0. The Morgan fingerprint density at radius 1 is 1.26 bits per heavy atom. The molecule has 11 heteroatoms. The van der Waals surface area contributed by atoms with Gasteiger partial charge in [-0.1, -0.05) is 24.3 Å². The summed E-state index contributed by atoms with van der Waals surface area (Å²) < 4.78 is 26.9. The van der Waals surface area contributed by atoms with Crippen molar-refractivity contribution in [2.75, 3.05) is 5.32 Å². The van der Waals surface area contributed by atoms with Crippen molar-refractivity contribution in [2.24, 2.45) is 0 Å². The van der Waals surface area contributed by atoms with Crippen molar-refractivity contribution in [1.82, 2.24) is 9.78 Å². The lowest BCUT2D eigenvalue weighted by Gasteiger charge is -2.06. The van der Waals surface area contributed by atoms with E-state index < -0.39 is 10.8 Å². The lowest BCUT2D eigenvalue weighted by atomic mass is 10.2. The second kappa shape index (κ2) is 9.87. The standard InChI is InChI=1S/C23H18BrFN4O5/c1-14-6-8-20(19(10-14)29(31)32)33-13-16-7-9-21(34-16)23(30)26-22-17(24)12-28(27-22)11-15-4-2-3-5-18(15)25/h2-10,12H,11,13H2,1H3,(H,26,27,30). The molecule has 2 aromatic carbocycles. The Bertz CT molecular complexity index is 1370. The number of hydrogen-bond donors (Lipinski definition) is 1. The van der Waals surface area contributed by atoms with Crippen molar-refractivity contribution in [3.63, 3.8) is 0 Å². The van der Waals surface area contributed by atoms with E-state index in [1.165, 1.54) is 28.9 Å². The molecule has 1 amide bonds. The molecule has 0 aliphatic carbocycles. The van der Waals surface area contributed by atoms with Gasteiger partial charge in [0.25, 0.3) is 5.91 Å². The predicted octanol–water partition coefficient (Wildman–Crippen LogP) is 5.47. The average Bonchev–Trinajstić information content (AvgIpc) is 3.41. The molecule has 1 N–H and O–H groups in total. The summed E-state index contributed by atoms with van der Waals surface area (Å²) in [7, 11) is 0. The third kappa shape index (κ3) is 5.31. The van der Waals surface area contributed by atoms with Crippen LogP contribution in [0.15, 0.2) is 69.7 Å². The molecule has 0 aliphatic rings. The van der Waals surface area contributed by atoms with Crippen LogP contribution < -0.4 is 10.1 Å². The van der Waals surface area contributed by atoms with Crippen molar-refractivity contribution in [3.05, 3.63) is 104 Å². The number of aryl methyl sites for hydroxylation is 1. The summed E-state index contributed by atoms with van der Waals surface area (Å²) >= 11 is 3.33. The fourth-order valence-corrected chi connectivity index (χ4v) is 3.57. The summed E-state index contributed by atoms with van der Waals surface area (Å²) in [6, 6.07) is 14.0. The fraction of sp³-hybridized carbons (Fsp3) is 0.130. The van der Waals surface area contributed by atoms with Gasteiger partial charge in [0.2, 0.25) is 0 Å². The Hall–Kier alpha value is -3.99. The quantitative estimate of drug-likeness (QED) is 0.239. The molecule has 34 heavy (non-hydrogen) atoms. The summed E-state index contributed by atoms with van der Waals surface area (Å²) in [4.78, 5) is 23.3. The summed E-state index contributed by atoms with van der Waals surface area (Å²) in [6.45, 7) is 1.84. The first kappa shape index (κ1) is 23.2. The van der Waals surface area contributed by atoms with Crippen LogP contribution in [0, 0.1) is 22.9 Å². The molecule has 0 spiro atoms. The van der Waals surface area contributed by atoms with Gasteiger partial charge in [0, 0.05) is 17.8 Å². The zero-order valence-corrected chi connectivity index (χ0v) is 19.4. The third-order valence-electron chi connectivity index (χ3n) is 4.81. The van der Waals surface area contributed by atoms with E-state index in [2.05, 4.69) is 26.3 Å². The Kier molecular flexibility index (Phi) is 6.73. The highest BCUT2D eigenvalue weighted by Gasteiger charge is 2.18. The summed E-state index contributed by atoms with van der Waals surface area (Å²) in [6.07, 6.45) is 1.62. The van der Waals surface area contributed by atoms with Gasteiger partial charge in [0.1, 0.15) is 18.2 Å². The van der Waals surface area contributed by atoms with Gasteiger partial charge < -0.3 is 14.5 Å². The lowest BCUT2D eigenvalue weighted by molar-refractivity contribution is -0.386. The number of nitrogens with one attached hydrogen (secondary N) is 1. The van der Waals surface area contributed by atoms with Crippen LogP contribution in [0.4, 0.5) is 15.9 Å². The minimum absolute atomic E-state index is 0.00700. The summed E-state index contributed by atoms with van der Waals surface area (Å²) in [5.41, 5.74) is 1.04. The number of anilines is 1. The van der Waals surface area contributed by atoms with Gasteiger partial charge in [0.05, 0.1) is 15.9 Å². The number of hydrogen-bond acceptors (Lipinski definition) is 6. The zero-order valence-electron chi connectivity index (χ0n) is 17.8. The van der Waals surface area contributed by atoms with Crippen molar-refractivity contribution in [3.8, 4) is 5.75 Å². The van der Waals surface area contributed by atoms with Gasteiger partial charge in [-0.15, -0.1) is 0 Å². The molecule has 4 rings (SSSR count). The molecule has 9 nitrogen and oxygen atoms in total. The van der Waals surface area contributed by atoms with Crippen molar-refractivity contribution in [2.45, 2.75) is 20.1 Å². The minimum Gasteiger partial charge on any atom is -0.479 e.